The van der Waals surface area contributed by atoms with Gasteiger partial charge < -0.3 is 10.6 Å². The molecule has 0 saturated heterocycles. The standard InChI is InChI=1S/C13H23N3O3S2.ClH/c1-3-7-14-9-10-15-13(17)12-5-4-11(20-12)6-8-16-21(2,18)19;/h4-5,14,16H,3,6-10H2,1-2H3,(H,15,17);1H. The van der Waals surface area contributed by atoms with Crippen LogP contribution >= 0.6 is 23.7 Å². The molecule has 0 aliphatic carbocycles. The summed E-state index contributed by atoms with van der Waals surface area (Å²) < 4.78 is 24.3. The second kappa shape index (κ2) is 11.0. The molecule has 0 aliphatic rings. The summed E-state index contributed by atoms with van der Waals surface area (Å²) in [7, 11) is -3.16. The predicted octanol–water partition coefficient (Wildman–Crippen LogP) is 0.991. The molecule has 0 bridgehead atoms. The highest BCUT2D eigenvalue weighted by Crippen LogP contribution is 2.16. The van der Waals surface area contributed by atoms with Gasteiger partial charge in [0.25, 0.3) is 5.91 Å². The summed E-state index contributed by atoms with van der Waals surface area (Å²) in [6.45, 7) is 4.75. The largest absolute Gasteiger partial charge is 0.350 e. The highest BCUT2D eigenvalue weighted by atomic mass is 35.5. The fraction of sp³-hybridized carbons (Fsp3) is 0.615. The summed E-state index contributed by atoms with van der Waals surface area (Å²) in [5, 5.41) is 6.06. The molecule has 1 rings (SSSR count). The van der Waals surface area contributed by atoms with Gasteiger partial charge in [-0.2, -0.15) is 0 Å². The van der Waals surface area contributed by atoms with Gasteiger partial charge in [-0.25, -0.2) is 13.1 Å². The SMILES string of the molecule is CCCNCCNC(=O)c1ccc(CCNS(C)(=O)=O)s1.Cl. The van der Waals surface area contributed by atoms with Crippen LogP contribution in [0, 0.1) is 0 Å². The summed E-state index contributed by atoms with van der Waals surface area (Å²) in [4.78, 5) is 13.5. The summed E-state index contributed by atoms with van der Waals surface area (Å²) in [6.07, 6.45) is 2.79. The van der Waals surface area contributed by atoms with Crippen LogP contribution in [0.1, 0.15) is 27.9 Å². The van der Waals surface area contributed by atoms with Crippen LogP contribution in [0.4, 0.5) is 0 Å². The molecular weight excluding hydrogens is 346 g/mol. The first-order valence-electron chi connectivity index (χ1n) is 6.94. The van der Waals surface area contributed by atoms with Gasteiger partial charge in [-0.15, -0.1) is 23.7 Å². The molecule has 0 atom stereocenters. The molecule has 3 N–H and O–H groups in total. The molecule has 1 aromatic heterocycles. The number of nitrogens with one attached hydrogen (secondary N) is 3. The van der Waals surface area contributed by atoms with Crippen molar-refractivity contribution in [2.75, 3.05) is 32.4 Å². The molecule has 0 unspecified atom stereocenters. The van der Waals surface area contributed by atoms with Crippen molar-refractivity contribution < 1.29 is 13.2 Å². The maximum Gasteiger partial charge on any atom is 0.261 e. The van der Waals surface area contributed by atoms with E-state index in [1.165, 1.54) is 11.3 Å². The first-order chi connectivity index (χ1) is 9.92. The lowest BCUT2D eigenvalue weighted by molar-refractivity contribution is 0.0958. The van der Waals surface area contributed by atoms with E-state index in [0.717, 1.165) is 30.6 Å². The number of halogens is 1. The molecule has 0 saturated carbocycles. The van der Waals surface area contributed by atoms with Crippen molar-refractivity contribution in [3.05, 3.63) is 21.9 Å². The van der Waals surface area contributed by atoms with Crippen LogP contribution in [0.2, 0.25) is 0 Å². The Kier molecular flexibility index (Phi) is 10.6. The Labute approximate surface area is 142 Å². The molecule has 1 amide bonds. The van der Waals surface area contributed by atoms with Gasteiger partial charge in [0.05, 0.1) is 11.1 Å². The third kappa shape index (κ3) is 9.37. The van der Waals surface area contributed by atoms with Gasteiger partial charge in [-0.1, -0.05) is 6.92 Å². The first-order valence-corrected chi connectivity index (χ1v) is 9.65. The van der Waals surface area contributed by atoms with E-state index in [1.807, 2.05) is 6.07 Å². The molecule has 0 fully saturated rings. The van der Waals surface area contributed by atoms with Gasteiger partial charge >= 0.3 is 0 Å². The monoisotopic (exact) mass is 369 g/mol. The zero-order valence-corrected chi connectivity index (χ0v) is 15.3. The van der Waals surface area contributed by atoms with Crippen molar-refractivity contribution in [1.29, 1.82) is 0 Å². The van der Waals surface area contributed by atoms with Gasteiger partial charge in [-0.3, -0.25) is 4.79 Å². The van der Waals surface area contributed by atoms with E-state index < -0.39 is 10.0 Å². The number of sulfonamides is 1. The molecule has 22 heavy (non-hydrogen) atoms. The first kappa shape index (κ1) is 21.3. The lowest BCUT2D eigenvalue weighted by Crippen LogP contribution is -2.31. The van der Waals surface area contributed by atoms with Gasteiger partial charge in [0, 0.05) is 24.5 Å². The summed E-state index contributed by atoms with van der Waals surface area (Å²) >= 11 is 1.39. The Bertz CT molecular complexity index is 546. The van der Waals surface area contributed by atoms with E-state index in [4.69, 9.17) is 0 Å². The van der Waals surface area contributed by atoms with Crippen LogP contribution < -0.4 is 15.4 Å². The fourth-order valence-electron chi connectivity index (χ4n) is 1.65. The molecule has 0 spiro atoms. The molecule has 0 aromatic carbocycles. The Morgan fingerprint density at radius 1 is 1.18 bits per heavy atom. The van der Waals surface area contributed by atoms with Crippen LogP contribution in [0.3, 0.4) is 0 Å². The minimum absolute atomic E-state index is 0. The van der Waals surface area contributed by atoms with E-state index in [1.54, 1.807) is 6.07 Å². The average molecular weight is 370 g/mol. The Morgan fingerprint density at radius 3 is 2.55 bits per heavy atom. The molecule has 9 heteroatoms. The van der Waals surface area contributed by atoms with E-state index in [0.29, 0.717) is 24.4 Å². The number of amides is 1. The Morgan fingerprint density at radius 2 is 1.91 bits per heavy atom. The third-order valence-electron chi connectivity index (χ3n) is 2.64. The van der Waals surface area contributed by atoms with Crippen molar-refractivity contribution in [2.45, 2.75) is 19.8 Å². The van der Waals surface area contributed by atoms with Crippen molar-refractivity contribution in [2.24, 2.45) is 0 Å². The van der Waals surface area contributed by atoms with Crippen molar-refractivity contribution >= 4 is 39.7 Å². The summed E-state index contributed by atoms with van der Waals surface area (Å²) in [6, 6.07) is 3.63. The molecule has 128 valence electrons. The van der Waals surface area contributed by atoms with Crippen molar-refractivity contribution in [3.63, 3.8) is 0 Å². The number of carbonyl (C=O) groups excluding carboxylic acids is 1. The van der Waals surface area contributed by atoms with Crippen molar-refractivity contribution in [1.82, 2.24) is 15.4 Å². The van der Waals surface area contributed by atoms with Gasteiger partial charge in [0.2, 0.25) is 10.0 Å². The van der Waals surface area contributed by atoms with E-state index in [-0.39, 0.29) is 18.3 Å². The van der Waals surface area contributed by atoms with Crippen LogP contribution in [-0.4, -0.2) is 46.8 Å². The van der Waals surface area contributed by atoms with Crippen LogP contribution in [0.5, 0.6) is 0 Å². The fourth-order valence-corrected chi connectivity index (χ4v) is 3.04. The number of thiophene rings is 1. The van der Waals surface area contributed by atoms with E-state index >= 15 is 0 Å². The smallest absolute Gasteiger partial charge is 0.261 e. The molecule has 1 aromatic rings. The Hall–Kier alpha value is -0.670. The zero-order chi connectivity index (χ0) is 15.7. The molecular formula is C13H24ClN3O3S2. The number of hydrogen-bond donors (Lipinski definition) is 3. The third-order valence-corrected chi connectivity index (χ3v) is 4.51. The number of rotatable bonds is 10. The molecule has 0 radical (unpaired) electrons. The van der Waals surface area contributed by atoms with Gasteiger partial charge in [0.1, 0.15) is 0 Å². The van der Waals surface area contributed by atoms with E-state index in [2.05, 4.69) is 22.3 Å². The average Bonchev–Trinajstić information content (AvgIpc) is 2.85. The summed E-state index contributed by atoms with van der Waals surface area (Å²) in [5.74, 6) is -0.0828. The normalized spacial score (nSPS) is 11.0. The van der Waals surface area contributed by atoms with Crippen molar-refractivity contribution in [3.8, 4) is 0 Å². The minimum atomic E-state index is -3.16. The van der Waals surface area contributed by atoms with Gasteiger partial charge in [0.15, 0.2) is 0 Å². The molecule has 0 aliphatic heterocycles. The maximum absolute atomic E-state index is 11.9. The lowest BCUT2D eigenvalue weighted by Gasteiger charge is -2.04. The Balaban J connectivity index is 0.00000441. The van der Waals surface area contributed by atoms with Crippen LogP contribution in [-0.2, 0) is 16.4 Å². The number of carbonyl (C=O) groups is 1. The summed E-state index contributed by atoms with van der Waals surface area (Å²) in [5.41, 5.74) is 0. The highest BCUT2D eigenvalue weighted by molar-refractivity contribution is 7.88. The zero-order valence-electron chi connectivity index (χ0n) is 12.8. The molecule has 6 nitrogen and oxygen atoms in total. The van der Waals surface area contributed by atoms with Crippen LogP contribution in [0.25, 0.3) is 0 Å². The predicted molar refractivity (Wildman–Crippen MR) is 93.6 cm³/mol. The maximum atomic E-state index is 11.9. The topological polar surface area (TPSA) is 87.3 Å². The van der Waals surface area contributed by atoms with E-state index in [9.17, 15) is 13.2 Å². The van der Waals surface area contributed by atoms with Gasteiger partial charge in [-0.05, 0) is 31.5 Å². The highest BCUT2D eigenvalue weighted by Gasteiger charge is 2.09. The quantitative estimate of drug-likeness (QED) is 0.537. The second-order valence-electron chi connectivity index (χ2n) is 4.69. The lowest BCUT2D eigenvalue weighted by atomic mass is 10.3. The minimum Gasteiger partial charge on any atom is -0.350 e. The second-order valence-corrected chi connectivity index (χ2v) is 7.69. The number of hydrogen-bond acceptors (Lipinski definition) is 5. The molecule has 1 heterocycles. The van der Waals surface area contributed by atoms with Crippen LogP contribution in [0.15, 0.2) is 12.1 Å².